The van der Waals surface area contributed by atoms with Gasteiger partial charge in [0.15, 0.2) is 11.9 Å². The smallest absolute Gasteiger partial charge is 0.340 e. The lowest BCUT2D eigenvalue weighted by molar-refractivity contribution is 0.0317. The van der Waals surface area contributed by atoms with Crippen LogP contribution in [0.25, 0.3) is 0 Å². The van der Waals surface area contributed by atoms with Crippen LogP contribution in [0, 0.1) is 13.8 Å². The summed E-state index contributed by atoms with van der Waals surface area (Å²) in [5, 5.41) is 0.530. The maximum absolute atomic E-state index is 12.6. The number of esters is 1. The highest BCUT2D eigenvalue weighted by atomic mass is 35.5. The number of carbonyl (C=O) groups is 3. The number of H-pyrrole nitrogens is 1. The molecule has 2 rings (SSSR count). The fourth-order valence-corrected chi connectivity index (χ4v) is 3.15. The largest absolute Gasteiger partial charge is 0.451 e. The average molecular weight is 382 g/mol. The van der Waals surface area contributed by atoms with Gasteiger partial charge in [0.1, 0.15) is 0 Å². The van der Waals surface area contributed by atoms with Gasteiger partial charge in [-0.3, -0.25) is 9.59 Å². The SMILES string of the molecule is CC(=O)c1c(C)[nH]c(C(=O)[C@H](C)OC(=O)c2ccc(Cl)cc2Cl)c1C. The quantitative estimate of drug-likeness (QED) is 0.607. The summed E-state index contributed by atoms with van der Waals surface area (Å²) in [4.78, 5) is 39.4. The summed E-state index contributed by atoms with van der Waals surface area (Å²) in [5.41, 5.74) is 2.00. The van der Waals surface area contributed by atoms with Gasteiger partial charge < -0.3 is 9.72 Å². The van der Waals surface area contributed by atoms with Gasteiger partial charge in [-0.25, -0.2) is 4.79 Å². The van der Waals surface area contributed by atoms with Crippen LogP contribution in [0.3, 0.4) is 0 Å². The molecule has 0 fully saturated rings. The van der Waals surface area contributed by atoms with Crippen LogP contribution in [-0.4, -0.2) is 28.6 Å². The van der Waals surface area contributed by atoms with Crippen LogP contribution in [-0.2, 0) is 4.74 Å². The molecule has 0 aliphatic carbocycles. The van der Waals surface area contributed by atoms with Crippen LogP contribution < -0.4 is 0 Å². The predicted octanol–water partition coefficient (Wildman–Crippen LogP) is 4.57. The van der Waals surface area contributed by atoms with E-state index in [4.69, 9.17) is 27.9 Å². The molecular weight excluding hydrogens is 365 g/mol. The first-order valence-corrected chi connectivity index (χ1v) is 8.29. The van der Waals surface area contributed by atoms with E-state index >= 15 is 0 Å². The summed E-state index contributed by atoms with van der Waals surface area (Å²) in [6, 6.07) is 4.36. The molecule has 1 aromatic heterocycles. The summed E-state index contributed by atoms with van der Waals surface area (Å²) in [6.45, 7) is 6.29. The number of benzene rings is 1. The molecule has 0 saturated heterocycles. The van der Waals surface area contributed by atoms with E-state index in [1.165, 1.54) is 32.0 Å². The number of aryl methyl sites for hydroxylation is 1. The van der Waals surface area contributed by atoms with Crippen molar-refractivity contribution in [2.75, 3.05) is 0 Å². The molecule has 1 atom stereocenters. The Bertz CT molecular complexity index is 870. The molecule has 0 aliphatic heterocycles. The van der Waals surface area contributed by atoms with Gasteiger partial charge in [-0.1, -0.05) is 23.2 Å². The molecule has 7 heteroatoms. The first-order chi connectivity index (χ1) is 11.6. The summed E-state index contributed by atoms with van der Waals surface area (Å²) in [7, 11) is 0. The van der Waals surface area contributed by atoms with Crippen molar-refractivity contribution in [2.24, 2.45) is 0 Å². The molecule has 2 aromatic rings. The molecule has 5 nitrogen and oxygen atoms in total. The number of nitrogens with one attached hydrogen (secondary N) is 1. The van der Waals surface area contributed by atoms with Gasteiger partial charge in [0.25, 0.3) is 0 Å². The second-order valence-corrected chi connectivity index (χ2v) is 6.56. The van der Waals surface area contributed by atoms with Crippen LogP contribution in [0.1, 0.15) is 56.3 Å². The number of ketones is 2. The van der Waals surface area contributed by atoms with E-state index < -0.39 is 17.9 Å². The number of halogens is 2. The monoisotopic (exact) mass is 381 g/mol. The third kappa shape index (κ3) is 3.94. The normalized spacial score (nSPS) is 11.9. The van der Waals surface area contributed by atoms with Gasteiger partial charge in [0.2, 0.25) is 5.78 Å². The molecule has 0 spiro atoms. The van der Waals surface area contributed by atoms with Crippen molar-refractivity contribution in [1.82, 2.24) is 4.98 Å². The third-order valence-corrected chi connectivity index (χ3v) is 4.39. The number of hydrogen-bond acceptors (Lipinski definition) is 4. The summed E-state index contributed by atoms with van der Waals surface area (Å²) in [6.07, 6.45) is -1.05. The Morgan fingerprint density at radius 2 is 1.80 bits per heavy atom. The Kier molecular flexibility index (Phi) is 5.70. The van der Waals surface area contributed by atoms with Gasteiger partial charge in [-0.15, -0.1) is 0 Å². The zero-order valence-corrected chi connectivity index (χ0v) is 15.7. The molecule has 0 amide bonds. The third-order valence-electron chi connectivity index (χ3n) is 3.84. The number of ether oxygens (including phenoxy) is 1. The Hall–Kier alpha value is -2.11. The average Bonchev–Trinajstić information content (AvgIpc) is 2.80. The molecule has 25 heavy (non-hydrogen) atoms. The second kappa shape index (κ2) is 7.42. The molecule has 1 aromatic carbocycles. The van der Waals surface area contributed by atoms with Gasteiger partial charge in [-0.05, 0) is 51.5 Å². The van der Waals surface area contributed by atoms with Gasteiger partial charge in [0, 0.05) is 16.3 Å². The van der Waals surface area contributed by atoms with E-state index in [-0.39, 0.29) is 22.1 Å². The zero-order valence-electron chi connectivity index (χ0n) is 14.2. The maximum Gasteiger partial charge on any atom is 0.340 e. The van der Waals surface area contributed by atoms with Crippen molar-refractivity contribution < 1.29 is 19.1 Å². The van der Waals surface area contributed by atoms with Gasteiger partial charge in [-0.2, -0.15) is 0 Å². The summed E-state index contributed by atoms with van der Waals surface area (Å²) in [5.74, 6) is -1.29. The number of rotatable bonds is 5. The van der Waals surface area contributed by atoms with E-state index in [9.17, 15) is 14.4 Å². The topological polar surface area (TPSA) is 76.2 Å². The lowest BCUT2D eigenvalue weighted by Crippen LogP contribution is -2.25. The lowest BCUT2D eigenvalue weighted by atomic mass is 10.0. The molecule has 1 N–H and O–H groups in total. The van der Waals surface area contributed by atoms with Crippen molar-refractivity contribution in [2.45, 2.75) is 33.8 Å². The molecule has 0 radical (unpaired) electrons. The zero-order chi connectivity index (χ0) is 18.9. The predicted molar refractivity (Wildman–Crippen MR) is 95.9 cm³/mol. The van der Waals surface area contributed by atoms with E-state index in [2.05, 4.69) is 4.98 Å². The number of Topliss-reactive ketones (excluding diaryl/α,β-unsaturated/α-hetero) is 2. The second-order valence-electron chi connectivity index (χ2n) is 5.72. The van der Waals surface area contributed by atoms with Crippen molar-refractivity contribution in [3.05, 3.63) is 56.3 Å². The number of aromatic amines is 1. The molecule has 0 aliphatic rings. The number of carbonyl (C=O) groups excluding carboxylic acids is 3. The highest BCUT2D eigenvalue weighted by Crippen LogP contribution is 2.24. The minimum absolute atomic E-state index is 0.120. The standard InChI is InChI=1S/C18H17Cl2NO4/c1-8-15(10(3)22)9(2)21-16(8)17(23)11(4)25-18(24)13-6-5-12(19)7-14(13)20/h5-7,11,21H,1-4H3/t11-/m0/s1. The molecule has 132 valence electrons. The lowest BCUT2D eigenvalue weighted by Gasteiger charge is -2.13. The minimum atomic E-state index is -1.05. The highest BCUT2D eigenvalue weighted by molar-refractivity contribution is 6.36. The Morgan fingerprint density at radius 3 is 2.32 bits per heavy atom. The molecule has 1 heterocycles. The summed E-state index contributed by atoms with van der Waals surface area (Å²) < 4.78 is 5.22. The van der Waals surface area contributed by atoms with Crippen LogP contribution in [0.2, 0.25) is 10.0 Å². The molecule has 0 bridgehead atoms. The van der Waals surface area contributed by atoms with Crippen LogP contribution in [0.4, 0.5) is 0 Å². The van der Waals surface area contributed by atoms with E-state index in [0.717, 1.165) is 0 Å². The highest BCUT2D eigenvalue weighted by Gasteiger charge is 2.26. The molecule has 0 saturated carbocycles. The van der Waals surface area contributed by atoms with Gasteiger partial charge >= 0.3 is 5.97 Å². The molecule has 0 unspecified atom stereocenters. The van der Waals surface area contributed by atoms with Crippen molar-refractivity contribution in [1.29, 1.82) is 0 Å². The number of hydrogen-bond donors (Lipinski definition) is 1. The van der Waals surface area contributed by atoms with E-state index in [1.807, 2.05) is 0 Å². The van der Waals surface area contributed by atoms with Crippen molar-refractivity contribution in [3.63, 3.8) is 0 Å². The maximum atomic E-state index is 12.6. The van der Waals surface area contributed by atoms with Crippen LogP contribution >= 0.6 is 23.2 Å². The van der Waals surface area contributed by atoms with Gasteiger partial charge in [0.05, 0.1) is 16.3 Å². The minimum Gasteiger partial charge on any atom is -0.451 e. The fraction of sp³-hybridized carbons (Fsp3) is 0.278. The van der Waals surface area contributed by atoms with E-state index in [1.54, 1.807) is 13.8 Å². The van der Waals surface area contributed by atoms with Crippen LogP contribution in [0.15, 0.2) is 18.2 Å². The Morgan fingerprint density at radius 1 is 1.16 bits per heavy atom. The Labute approximate surface area is 155 Å². The van der Waals surface area contributed by atoms with E-state index in [0.29, 0.717) is 21.8 Å². The van der Waals surface area contributed by atoms with Crippen molar-refractivity contribution in [3.8, 4) is 0 Å². The van der Waals surface area contributed by atoms with Crippen molar-refractivity contribution >= 4 is 40.7 Å². The Balaban J connectivity index is 2.22. The summed E-state index contributed by atoms with van der Waals surface area (Å²) >= 11 is 11.8. The first kappa shape index (κ1) is 19.2. The fourth-order valence-electron chi connectivity index (χ4n) is 2.66. The molecular formula is C18H17Cl2NO4. The van der Waals surface area contributed by atoms with Crippen LogP contribution in [0.5, 0.6) is 0 Å². The number of aromatic nitrogens is 1. The first-order valence-electron chi connectivity index (χ1n) is 7.53.